The summed E-state index contributed by atoms with van der Waals surface area (Å²) in [5.41, 5.74) is 2.53. The first kappa shape index (κ1) is 23.3. The molecule has 1 amide bonds. The minimum absolute atomic E-state index is 0.0363. The second kappa shape index (κ2) is 9.16. The summed E-state index contributed by atoms with van der Waals surface area (Å²) in [4.78, 5) is 32.5. The van der Waals surface area contributed by atoms with E-state index in [9.17, 15) is 18.0 Å². The van der Waals surface area contributed by atoms with Gasteiger partial charge in [-0.2, -0.15) is 13.2 Å². The van der Waals surface area contributed by atoms with Crippen molar-refractivity contribution < 1.29 is 32.3 Å². The van der Waals surface area contributed by atoms with Crippen molar-refractivity contribution in [2.75, 3.05) is 18.0 Å². The topological polar surface area (TPSA) is 109 Å². The normalized spacial score (nSPS) is 20.7. The number of aliphatic carboxylic acids is 1. The molecule has 1 fully saturated rings. The van der Waals surface area contributed by atoms with Crippen molar-refractivity contribution in [3.63, 3.8) is 0 Å². The average molecular weight is 474 g/mol. The van der Waals surface area contributed by atoms with Gasteiger partial charge in [-0.25, -0.2) is 9.78 Å². The molecular weight excluding hydrogens is 453 g/mol. The first-order valence-corrected chi connectivity index (χ1v) is 10.4. The van der Waals surface area contributed by atoms with Crippen molar-refractivity contribution in [1.29, 1.82) is 0 Å². The van der Waals surface area contributed by atoms with Crippen LogP contribution in [0.5, 0.6) is 0 Å². The molecule has 3 heterocycles. The molecule has 1 saturated heterocycles. The van der Waals surface area contributed by atoms with E-state index in [4.69, 9.17) is 14.3 Å². The Balaban J connectivity index is 0.000000344. The number of benzene rings is 1. The predicted octanol–water partition coefficient (Wildman–Crippen LogP) is 3.72. The van der Waals surface area contributed by atoms with Gasteiger partial charge in [0.2, 0.25) is 0 Å². The molecule has 178 valence electrons. The molecule has 0 saturated carbocycles. The quantitative estimate of drug-likeness (QED) is 0.596. The van der Waals surface area contributed by atoms with E-state index in [0.29, 0.717) is 17.6 Å². The van der Waals surface area contributed by atoms with E-state index in [1.807, 2.05) is 19.1 Å². The lowest BCUT2D eigenvalue weighted by atomic mass is 9.94. The van der Waals surface area contributed by atoms with Gasteiger partial charge in [0.1, 0.15) is 11.6 Å². The molecule has 8 nitrogen and oxygen atoms in total. The fourth-order valence-corrected chi connectivity index (χ4v) is 4.45. The molecule has 1 aliphatic carbocycles. The van der Waals surface area contributed by atoms with Crippen LogP contribution in [-0.2, 0) is 4.79 Å². The highest BCUT2D eigenvalue weighted by Crippen LogP contribution is 2.49. The van der Waals surface area contributed by atoms with Crippen LogP contribution in [0.15, 0.2) is 59.4 Å². The number of carboxylic acid groups (broad SMARTS) is 1. The Bertz CT molecular complexity index is 1180. The first-order chi connectivity index (χ1) is 16.1. The molecule has 3 atom stereocenters. The molecule has 2 aromatic heterocycles. The van der Waals surface area contributed by atoms with Gasteiger partial charge in [-0.1, -0.05) is 24.3 Å². The lowest BCUT2D eigenvalue weighted by Gasteiger charge is -2.23. The average Bonchev–Trinajstić information content (AvgIpc) is 3.50. The summed E-state index contributed by atoms with van der Waals surface area (Å²) in [5, 5.41) is 10.3. The van der Waals surface area contributed by atoms with Gasteiger partial charge in [0.15, 0.2) is 5.76 Å². The minimum Gasteiger partial charge on any atom is -0.475 e. The molecule has 1 aromatic carbocycles. The highest BCUT2D eigenvalue weighted by molar-refractivity contribution is 5.92. The summed E-state index contributed by atoms with van der Waals surface area (Å²) in [6, 6.07) is 11.9. The van der Waals surface area contributed by atoms with Gasteiger partial charge >= 0.3 is 12.1 Å². The number of anilines is 1. The van der Waals surface area contributed by atoms with Crippen LogP contribution in [0.2, 0.25) is 0 Å². The molecule has 1 aliphatic heterocycles. The van der Waals surface area contributed by atoms with Crippen LogP contribution in [0.3, 0.4) is 0 Å². The number of carbonyl (C=O) groups is 2. The maximum absolute atomic E-state index is 12.7. The van der Waals surface area contributed by atoms with Gasteiger partial charge in [-0.15, -0.1) is 0 Å². The van der Waals surface area contributed by atoms with E-state index in [1.54, 1.807) is 24.7 Å². The number of hydrogen-bond acceptors (Lipinski definition) is 6. The number of aryl methyl sites for hydroxylation is 1. The number of amides is 1. The van der Waals surface area contributed by atoms with E-state index >= 15 is 0 Å². The molecule has 2 N–H and O–H groups in total. The zero-order valence-electron chi connectivity index (χ0n) is 18.0. The zero-order valence-corrected chi connectivity index (χ0v) is 18.0. The largest absolute Gasteiger partial charge is 0.490 e. The fraction of sp³-hybridized carbons (Fsp3) is 0.304. The molecule has 11 heteroatoms. The summed E-state index contributed by atoms with van der Waals surface area (Å²) in [6.07, 6.45) is 0.117. The van der Waals surface area contributed by atoms with Gasteiger partial charge in [0.25, 0.3) is 5.91 Å². The fourth-order valence-electron chi connectivity index (χ4n) is 4.45. The van der Waals surface area contributed by atoms with Gasteiger partial charge in [-0.3, -0.25) is 9.78 Å². The third-order valence-corrected chi connectivity index (χ3v) is 5.89. The number of aromatic nitrogens is 2. The highest BCUT2D eigenvalue weighted by atomic mass is 19.4. The highest BCUT2D eigenvalue weighted by Gasteiger charge is 2.47. The molecule has 2 aliphatic rings. The van der Waals surface area contributed by atoms with Crippen LogP contribution in [0.25, 0.3) is 0 Å². The number of halogens is 3. The van der Waals surface area contributed by atoms with Crippen molar-refractivity contribution in [3.05, 3.63) is 77.6 Å². The van der Waals surface area contributed by atoms with Crippen LogP contribution in [0, 0.1) is 12.8 Å². The monoisotopic (exact) mass is 474 g/mol. The van der Waals surface area contributed by atoms with E-state index in [0.717, 1.165) is 24.7 Å². The van der Waals surface area contributed by atoms with E-state index < -0.39 is 12.1 Å². The van der Waals surface area contributed by atoms with Crippen molar-refractivity contribution in [2.45, 2.75) is 25.1 Å². The van der Waals surface area contributed by atoms with Gasteiger partial charge < -0.3 is 19.7 Å². The molecular formula is C23H21F3N4O4. The van der Waals surface area contributed by atoms with E-state index in [-0.39, 0.29) is 11.9 Å². The van der Waals surface area contributed by atoms with Crippen LogP contribution in [-0.4, -0.2) is 46.2 Å². The molecule has 3 aromatic rings. The third-order valence-electron chi connectivity index (χ3n) is 5.89. The number of carboxylic acids is 1. The van der Waals surface area contributed by atoms with Crippen LogP contribution < -0.4 is 10.2 Å². The summed E-state index contributed by atoms with van der Waals surface area (Å²) in [5.74, 6) is -0.280. The van der Waals surface area contributed by atoms with Crippen molar-refractivity contribution >= 4 is 17.7 Å². The van der Waals surface area contributed by atoms with Crippen LogP contribution in [0.1, 0.15) is 39.4 Å². The third kappa shape index (κ3) is 4.73. The number of rotatable bonds is 3. The van der Waals surface area contributed by atoms with E-state index in [1.165, 1.54) is 11.1 Å². The van der Waals surface area contributed by atoms with Crippen molar-refractivity contribution in [3.8, 4) is 0 Å². The van der Waals surface area contributed by atoms with Gasteiger partial charge in [0, 0.05) is 37.3 Å². The molecule has 0 unspecified atom stereocenters. The minimum atomic E-state index is -5.08. The predicted molar refractivity (Wildman–Crippen MR) is 114 cm³/mol. The molecule has 5 rings (SSSR count). The lowest BCUT2D eigenvalue weighted by molar-refractivity contribution is -0.192. The number of furan rings is 1. The van der Waals surface area contributed by atoms with Crippen LogP contribution >= 0.6 is 0 Å². The first-order valence-electron chi connectivity index (χ1n) is 10.4. The number of nitrogens with one attached hydrogen (secondary N) is 1. The zero-order chi connectivity index (χ0) is 24.5. The maximum Gasteiger partial charge on any atom is 0.490 e. The lowest BCUT2D eigenvalue weighted by Crippen LogP contribution is -2.33. The number of fused-ring (bicyclic) bond motifs is 3. The molecule has 34 heavy (non-hydrogen) atoms. The standard InChI is InChI=1S/C21H20N4O2.C2HF3O2/c1-13-6-7-18(27-13)21(26)24-20-15-5-3-2-4-14(15)16-11-25(12-17(16)20)19-10-22-8-9-23-19;3-2(4,5)1(6)7/h2-10,16-17,20H,11-12H2,1H3,(H,24,26);(H,6,7)/t16-,17-,20+;/m0./s1. The summed E-state index contributed by atoms with van der Waals surface area (Å²) in [7, 11) is 0. The molecule has 0 bridgehead atoms. The smallest absolute Gasteiger partial charge is 0.475 e. The Kier molecular flexibility index (Phi) is 6.27. The van der Waals surface area contributed by atoms with E-state index in [2.05, 4.69) is 38.4 Å². The Labute approximate surface area is 192 Å². The Morgan fingerprint density at radius 2 is 1.82 bits per heavy atom. The SMILES string of the molecule is Cc1ccc(C(=O)N[C@@H]2c3ccccc3[C@@H]3CN(c4cnccn4)C[C@H]23)o1.O=C(O)C(F)(F)F. The second-order valence-corrected chi connectivity index (χ2v) is 8.03. The van der Waals surface area contributed by atoms with Gasteiger partial charge in [-0.05, 0) is 30.2 Å². The summed E-state index contributed by atoms with van der Waals surface area (Å²) >= 11 is 0. The number of hydrogen-bond donors (Lipinski definition) is 2. The summed E-state index contributed by atoms with van der Waals surface area (Å²) in [6.45, 7) is 3.56. The van der Waals surface area contributed by atoms with Crippen molar-refractivity contribution in [2.24, 2.45) is 5.92 Å². The Morgan fingerprint density at radius 1 is 1.12 bits per heavy atom. The van der Waals surface area contributed by atoms with Crippen molar-refractivity contribution in [1.82, 2.24) is 15.3 Å². The maximum atomic E-state index is 12.7. The number of alkyl halides is 3. The number of carbonyl (C=O) groups excluding carboxylic acids is 1. The van der Waals surface area contributed by atoms with Gasteiger partial charge in [0.05, 0.1) is 12.2 Å². The molecule has 0 radical (unpaired) electrons. The Morgan fingerprint density at radius 3 is 2.41 bits per heavy atom. The Hall–Kier alpha value is -3.89. The molecule has 0 spiro atoms. The van der Waals surface area contributed by atoms with Crippen LogP contribution in [0.4, 0.5) is 19.0 Å². The number of nitrogens with zero attached hydrogens (tertiary/aromatic N) is 3. The second-order valence-electron chi connectivity index (χ2n) is 8.03. The summed E-state index contributed by atoms with van der Waals surface area (Å²) < 4.78 is 37.2.